The fourth-order valence-electron chi connectivity index (χ4n) is 2.77. The van der Waals surface area contributed by atoms with Crippen molar-refractivity contribution in [1.82, 2.24) is 9.97 Å². The van der Waals surface area contributed by atoms with Gasteiger partial charge in [-0.15, -0.1) is 0 Å². The lowest BCUT2D eigenvalue weighted by Gasteiger charge is -2.25. The number of rotatable bonds is 4. The molecule has 0 spiro atoms. The number of aromatic amines is 1. The number of ether oxygens (including phenoxy) is 1. The van der Waals surface area contributed by atoms with Crippen LogP contribution in [0.5, 0.6) is 5.75 Å². The second-order valence-corrected chi connectivity index (χ2v) is 5.91. The molecule has 0 saturated heterocycles. The van der Waals surface area contributed by atoms with Gasteiger partial charge in [-0.05, 0) is 19.2 Å². The van der Waals surface area contributed by atoms with E-state index in [9.17, 15) is 9.59 Å². The lowest BCUT2D eigenvalue weighted by Crippen LogP contribution is -2.31. The van der Waals surface area contributed by atoms with E-state index in [4.69, 9.17) is 4.74 Å². The minimum atomic E-state index is -0.367. The van der Waals surface area contributed by atoms with Gasteiger partial charge in [-0.1, -0.05) is 30.0 Å². The van der Waals surface area contributed by atoms with Crippen LogP contribution in [0.15, 0.2) is 34.2 Å². The minimum Gasteiger partial charge on any atom is -0.494 e. The number of H-pyrrole nitrogens is 1. The van der Waals surface area contributed by atoms with Crippen LogP contribution in [0.1, 0.15) is 30.4 Å². The van der Waals surface area contributed by atoms with Gasteiger partial charge < -0.3 is 15.0 Å². The maximum atomic E-state index is 12.5. The van der Waals surface area contributed by atoms with Gasteiger partial charge in [-0.3, -0.25) is 9.59 Å². The Labute approximate surface area is 137 Å². The molecule has 0 radical (unpaired) electrons. The molecule has 23 heavy (non-hydrogen) atoms. The first kappa shape index (κ1) is 15.6. The molecule has 2 heterocycles. The van der Waals surface area contributed by atoms with Gasteiger partial charge in [-0.25, -0.2) is 4.98 Å². The Kier molecular flexibility index (Phi) is 4.38. The monoisotopic (exact) mass is 331 g/mol. The van der Waals surface area contributed by atoms with Crippen LogP contribution in [0.2, 0.25) is 0 Å². The number of nitrogens with one attached hydrogen (secondary N) is 2. The number of benzene rings is 1. The van der Waals surface area contributed by atoms with Crippen LogP contribution in [0.25, 0.3) is 0 Å². The molecule has 0 saturated carbocycles. The lowest BCUT2D eigenvalue weighted by atomic mass is 9.86. The number of aromatic nitrogens is 2. The summed E-state index contributed by atoms with van der Waals surface area (Å²) in [4.78, 5) is 31.7. The Balaban J connectivity index is 2.16. The average molecular weight is 331 g/mol. The fraction of sp³-hybridized carbons (Fsp3) is 0.312. The number of carbonyl (C=O) groups excluding carboxylic acids is 1. The number of anilines is 1. The number of amides is 1. The van der Waals surface area contributed by atoms with E-state index in [1.165, 1.54) is 11.8 Å². The molecule has 2 aromatic rings. The molecular formula is C16H17N3O3S. The third kappa shape index (κ3) is 2.96. The molecule has 0 unspecified atom stereocenters. The van der Waals surface area contributed by atoms with E-state index >= 15 is 0 Å². The summed E-state index contributed by atoms with van der Waals surface area (Å²) in [5, 5.41) is 3.18. The van der Waals surface area contributed by atoms with Crippen molar-refractivity contribution in [2.24, 2.45) is 0 Å². The first-order chi connectivity index (χ1) is 11.1. The maximum absolute atomic E-state index is 12.5. The largest absolute Gasteiger partial charge is 0.494 e. The Morgan fingerprint density at radius 1 is 1.35 bits per heavy atom. The average Bonchev–Trinajstić information content (AvgIpc) is 2.54. The summed E-state index contributed by atoms with van der Waals surface area (Å²) in [6.07, 6.45) is 2.01. The van der Waals surface area contributed by atoms with Gasteiger partial charge in [0.15, 0.2) is 5.16 Å². The lowest BCUT2D eigenvalue weighted by molar-refractivity contribution is -0.116. The molecule has 1 aliphatic heterocycles. The first-order valence-electron chi connectivity index (χ1n) is 7.33. The molecule has 1 atom stereocenters. The molecule has 6 nitrogen and oxygen atoms in total. The van der Waals surface area contributed by atoms with Crippen molar-refractivity contribution in [3.63, 3.8) is 0 Å². The Bertz CT molecular complexity index is 803. The molecule has 120 valence electrons. The standard InChI is InChI=1S/C16H17N3O3S/c1-3-22-11-7-5-4-6-9(11)10-8-12(20)17-14-13(10)15(21)19-16(18-14)23-2/h4-7,10H,3,8H2,1-2H3,(H2,17,18,19,20,21)/t10-/m1/s1. The molecule has 1 aliphatic rings. The van der Waals surface area contributed by atoms with E-state index in [2.05, 4.69) is 15.3 Å². The number of carbonyl (C=O) groups is 1. The van der Waals surface area contributed by atoms with Crippen LogP contribution in [-0.4, -0.2) is 28.7 Å². The van der Waals surface area contributed by atoms with E-state index in [-0.39, 0.29) is 23.8 Å². The molecular weight excluding hydrogens is 314 g/mol. The van der Waals surface area contributed by atoms with Gasteiger partial charge >= 0.3 is 0 Å². The van der Waals surface area contributed by atoms with Gasteiger partial charge in [0.05, 0.1) is 12.2 Å². The van der Waals surface area contributed by atoms with Gasteiger partial charge in [-0.2, -0.15) is 0 Å². The van der Waals surface area contributed by atoms with Crippen molar-refractivity contribution < 1.29 is 9.53 Å². The molecule has 0 bridgehead atoms. The topological polar surface area (TPSA) is 84.1 Å². The predicted molar refractivity (Wildman–Crippen MR) is 89.3 cm³/mol. The molecule has 2 N–H and O–H groups in total. The molecule has 7 heteroatoms. The highest BCUT2D eigenvalue weighted by Crippen LogP contribution is 2.38. The molecule has 0 fully saturated rings. The maximum Gasteiger partial charge on any atom is 0.257 e. The Morgan fingerprint density at radius 2 is 2.13 bits per heavy atom. The summed E-state index contributed by atoms with van der Waals surface area (Å²) in [5.74, 6) is 0.507. The van der Waals surface area contributed by atoms with Crippen LogP contribution < -0.4 is 15.6 Å². The second-order valence-electron chi connectivity index (χ2n) is 5.11. The highest BCUT2D eigenvalue weighted by molar-refractivity contribution is 7.98. The van der Waals surface area contributed by atoms with Crippen molar-refractivity contribution in [3.05, 3.63) is 45.7 Å². The SMILES string of the molecule is CCOc1ccccc1[C@H]1CC(=O)Nc2nc(SC)[nH]c(=O)c21. The number of thioether (sulfide) groups is 1. The Morgan fingerprint density at radius 3 is 2.87 bits per heavy atom. The second kappa shape index (κ2) is 6.45. The van der Waals surface area contributed by atoms with E-state index in [1.54, 1.807) is 0 Å². The fourth-order valence-corrected chi connectivity index (χ4v) is 3.15. The summed E-state index contributed by atoms with van der Waals surface area (Å²) in [5.41, 5.74) is 1.08. The van der Waals surface area contributed by atoms with Crippen molar-refractivity contribution >= 4 is 23.5 Å². The molecule has 1 amide bonds. The highest BCUT2D eigenvalue weighted by Gasteiger charge is 2.32. The van der Waals surface area contributed by atoms with Crippen molar-refractivity contribution in [1.29, 1.82) is 0 Å². The van der Waals surface area contributed by atoms with Crippen LogP contribution in [0.4, 0.5) is 5.82 Å². The van der Waals surface area contributed by atoms with Gasteiger partial charge in [0.2, 0.25) is 5.91 Å². The number of para-hydroxylation sites is 1. The number of fused-ring (bicyclic) bond motifs is 1. The summed E-state index contributed by atoms with van der Waals surface area (Å²) >= 11 is 1.32. The zero-order valence-corrected chi connectivity index (χ0v) is 13.7. The normalized spacial score (nSPS) is 16.6. The quantitative estimate of drug-likeness (QED) is 0.664. The van der Waals surface area contributed by atoms with Crippen LogP contribution in [-0.2, 0) is 4.79 Å². The van der Waals surface area contributed by atoms with Gasteiger partial charge in [0.25, 0.3) is 5.56 Å². The van der Waals surface area contributed by atoms with E-state index < -0.39 is 0 Å². The molecule has 0 aliphatic carbocycles. The molecule has 3 rings (SSSR count). The Hall–Kier alpha value is -2.28. The number of hydrogen-bond acceptors (Lipinski definition) is 5. The molecule has 1 aromatic heterocycles. The van der Waals surface area contributed by atoms with Crippen LogP contribution in [0, 0.1) is 0 Å². The van der Waals surface area contributed by atoms with E-state index in [0.29, 0.717) is 28.9 Å². The number of hydrogen-bond donors (Lipinski definition) is 2. The highest BCUT2D eigenvalue weighted by atomic mass is 32.2. The summed E-state index contributed by atoms with van der Waals surface area (Å²) in [6, 6.07) is 7.49. The first-order valence-corrected chi connectivity index (χ1v) is 8.56. The van der Waals surface area contributed by atoms with Crippen LogP contribution in [0.3, 0.4) is 0 Å². The zero-order valence-electron chi connectivity index (χ0n) is 12.9. The summed E-state index contributed by atoms with van der Waals surface area (Å²) in [6.45, 7) is 2.42. The van der Waals surface area contributed by atoms with Crippen LogP contribution >= 0.6 is 11.8 Å². The minimum absolute atomic E-state index is 0.154. The summed E-state index contributed by atoms with van der Waals surface area (Å²) < 4.78 is 5.66. The zero-order chi connectivity index (χ0) is 16.4. The van der Waals surface area contributed by atoms with Crippen molar-refractivity contribution in [3.8, 4) is 5.75 Å². The predicted octanol–water partition coefficient (Wildman–Crippen LogP) is 2.36. The molecule has 1 aromatic carbocycles. The van der Waals surface area contributed by atoms with Gasteiger partial charge in [0.1, 0.15) is 11.6 Å². The third-order valence-electron chi connectivity index (χ3n) is 3.72. The third-order valence-corrected chi connectivity index (χ3v) is 4.30. The summed E-state index contributed by atoms with van der Waals surface area (Å²) in [7, 11) is 0. The van der Waals surface area contributed by atoms with Crippen molar-refractivity contribution in [2.45, 2.75) is 24.4 Å². The van der Waals surface area contributed by atoms with Crippen molar-refractivity contribution in [2.75, 3.05) is 18.2 Å². The van der Waals surface area contributed by atoms with E-state index in [1.807, 2.05) is 37.4 Å². The number of nitrogens with zero attached hydrogens (tertiary/aromatic N) is 1. The van der Waals surface area contributed by atoms with Gasteiger partial charge in [0, 0.05) is 17.9 Å². The van der Waals surface area contributed by atoms with E-state index in [0.717, 1.165) is 5.56 Å². The smallest absolute Gasteiger partial charge is 0.257 e.